The van der Waals surface area contributed by atoms with E-state index in [2.05, 4.69) is 275 Å². The predicted molar refractivity (Wildman–Crippen MR) is 296 cm³/mol. The maximum Gasteiger partial charge on any atom is 0.119 e. The lowest BCUT2D eigenvalue weighted by Crippen LogP contribution is -2.10. The Bertz CT molecular complexity index is 3010. The topological polar surface area (TPSA) is 19.0 Å². The summed E-state index contributed by atoms with van der Waals surface area (Å²) in [6.45, 7) is 12.9. The molecule has 0 aliphatic heterocycles. The van der Waals surface area contributed by atoms with Crippen molar-refractivity contribution < 1.29 is 4.74 Å². The monoisotopic (exact) mass is 897 g/mol. The fraction of sp³-hybridized carbons (Fsp3) is 0.108. The van der Waals surface area contributed by atoms with Crippen LogP contribution >= 0.6 is 0 Å². The zero-order chi connectivity index (χ0) is 47.9. The first-order valence-corrected chi connectivity index (χ1v) is 23.7. The molecule has 0 aliphatic rings. The normalized spacial score (nSPS) is 11.3. The lowest BCUT2D eigenvalue weighted by Gasteiger charge is -2.26. The molecule has 0 unspecified atom stereocenters. The predicted octanol–water partition coefficient (Wildman–Crippen LogP) is 18.3. The molecule has 0 aliphatic carbocycles. The van der Waals surface area contributed by atoms with Gasteiger partial charge in [-0.2, -0.15) is 0 Å². The van der Waals surface area contributed by atoms with Crippen molar-refractivity contribution in [2.45, 2.75) is 41.5 Å². The highest BCUT2D eigenvalue weighted by Gasteiger charge is 2.16. The Morgan fingerprint density at radius 2 is 0.493 bits per heavy atom. The summed E-state index contributed by atoms with van der Waals surface area (Å²) >= 11 is 0. The molecule has 9 aromatic rings. The number of hydrogen-bond donors (Lipinski definition) is 0. The van der Waals surface area contributed by atoms with Crippen LogP contribution in [0.5, 0.6) is 5.75 Å². The van der Waals surface area contributed by atoms with E-state index >= 15 is 0 Å². The number of rotatable bonds is 14. The first-order valence-electron chi connectivity index (χ1n) is 23.7. The van der Waals surface area contributed by atoms with E-state index in [1.165, 1.54) is 33.4 Å². The third-order valence-corrected chi connectivity index (χ3v) is 13.0. The zero-order valence-electron chi connectivity index (χ0n) is 40.7. The molecule has 0 amide bonds. The molecular formula is C65H59N3O. The van der Waals surface area contributed by atoms with Crippen molar-refractivity contribution in [2.24, 2.45) is 0 Å². The molecule has 4 heteroatoms. The van der Waals surface area contributed by atoms with Crippen LogP contribution in [0.1, 0.15) is 55.6 Å². The van der Waals surface area contributed by atoms with Gasteiger partial charge in [-0.3, -0.25) is 0 Å². The molecule has 0 spiro atoms. The van der Waals surface area contributed by atoms with E-state index in [0.717, 1.165) is 79.2 Å². The second-order valence-electron chi connectivity index (χ2n) is 17.9. The number of anilines is 9. The van der Waals surface area contributed by atoms with Crippen molar-refractivity contribution in [3.63, 3.8) is 0 Å². The number of aryl methyl sites for hydroxylation is 6. The molecule has 0 fully saturated rings. The maximum absolute atomic E-state index is 5.52. The third-order valence-electron chi connectivity index (χ3n) is 13.0. The van der Waals surface area contributed by atoms with Crippen LogP contribution in [-0.4, -0.2) is 7.11 Å². The van der Waals surface area contributed by atoms with E-state index < -0.39 is 0 Å². The van der Waals surface area contributed by atoms with Crippen LogP contribution in [0.4, 0.5) is 51.2 Å². The van der Waals surface area contributed by atoms with Crippen LogP contribution in [0.15, 0.2) is 206 Å². The summed E-state index contributed by atoms with van der Waals surface area (Å²) in [5, 5.41) is 0. The molecule has 0 bridgehead atoms. The van der Waals surface area contributed by atoms with Crippen molar-refractivity contribution in [2.75, 3.05) is 21.8 Å². The highest BCUT2D eigenvalue weighted by atomic mass is 16.5. The van der Waals surface area contributed by atoms with Crippen molar-refractivity contribution >= 4 is 75.5 Å². The smallest absolute Gasteiger partial charge is 0.119 e. The van der Waals surface area contributed by atoms with Crippen molar-refractivity contribution in [1.82, 2.24) is 0 Å². The highest BCUT2D eigenvalue weighted by molar-refractivity contribution is 5.82. The van der Waals surface area contributed by atoms with Crippen LogP contribution in [0, 0.1) is 41.5 Å². The minimum absolute atomic E-state index is 0.821. The lowest BCUT2D eigenvalue weighted by atomic mass is 10.1. The maximum atomic E-state index is 5.52. The van der Waals surface area contributed by atoms with Gasteiger partial charge in [0.25, 0.3) is 0 Å². The van der Waals surface area contributed by atoms with Crippen molar-refractivity contribution in [1.29, 1.82) is 0 Å². The van der Waals surface area contributed by atoms with Crippen LogP contribution in [-0.2, 0) is 0 Å². The van der Waals surface area contributed by atoms with Crippen LogP contribution in [0.2, 0.25) is 0 Å². The molecule has 340 valence electrons. The Balaban J connectivity index is 0.918. The van der Waals surface area contributed by atoms with Crippen LogP contribution in [0.25, 0.3) is 24.3 Å². The largest absolute Gasteiger partial charge is 0.497 e. The highest BCUT2D eigenvalue weighted by Crippen LogP contribution is 2.39. The Morgan fingerprint density at radius 1 is 0.261 bits per heavy atom. The van der Waals surface area contributed by atoms with Crippen molar-refractivity contribution in [3.8, 4) is 5.75 Å². The molecule has 0 radical (unpaired) electrons. The van der Waals surface area contributed by atoms with Crippen LogP contribution in [0.3, 0.4) is 0 Å². The standard InChI is InChI=1S/C65H59N3O/c1-46-8-26-56(27-9-46)67(63-30-12-48(3)50(5)44-63)60-36-22-54(23-37-60)16-14-52-18-32-58(33-19-52)66(62-40-42-65(69-7)43-41-62)59-34-20-53(21-35-59)15-17-55-24-38-61(39-25-55)68(57-28-10-47(2)11-29-57)64-31-13-49(4)51(6)45-64/h8-45H,1-7H3/b16-14+,17-15+. The van der Waals surface area contributed by atoms with E-state index in [-0.39, 0.29) is 0 Å². The minimum Gasteiger partial charge on any atom is -0.497 e. The number of nitrogens with zero attached hydrogens (tertiary/aromatic N) is 3. The molecule has 4 nitrogen and oxygen atoms in total. The van der Waals surface area contributed by atoms with Gasteiger partial charge in [0, 0.05) is 51.2 Å². The first kappa shape index (κ1) is 45.8. The summed E-state index contributed by atoms with van der Waals surface area (Å²) in [4.78, 5) is 6.93. The summed E-state index contributed by atoms with van der Waals surface area (Å²) in [7, 11) is 1.70. The fourth-order valence-corrected chi connectivity index (χ4v) is 8.51. The van der Waals surface area contributed by atoms with Gasteiger partial charge in [-0.25, -0.2) is 0 Å². The average molecular weight is 898 g/mol. The van der Waals surface area contributed by atoms with E-state index in [4.69, 9.17) is 4.74 Å². The van der Waals surface area contributed by atoms with E-state index in [1.54, 1.807) is 7.11 Å². The second kappa shape index (κ2) is 20.7. The summed E-state index contributed by atoms with van der Waals surface area (Å²) in [5.41, 5.74) is 22.1. The first-order chi connectivity index (χ1) is 33.6. The Hall–Kier alpha value is -8.34. The quantitative estimate of drug-likeness (QED) is 0.101. The van der Waals surface area contributed by atoms with Gasteiger partial charge in [0.2, 0.25) is 0 Å². The molecule has 0 saturated carbocycles. The van der Waals surface area contributed by atoms with Crippen molar-refractivity contribution in [3.05, 3.63) is 262 Å². The van der Waals surface area contributed by atoms with Gasteiger partial charge in [-0.05, 0) is 207 Å². The molecule has 0 atom stereocenters. The van der Waals surface area contributed by atoms with E-state index in [0.29, 0.717) is 0 Å². The number of hydrogen-bond acceptors (Lipinski definition) is 4. The molecular weight excluding hydrogens is 839 g/mol. The molecule has 0 aromatic heterocycles. The molecule has 9 aromatic carbocycles. The number of benzene rings is 9. The Kier molecular flexibility index (Phi) is 13.7. The second-order valence-corrected chi connectivity index (χ2v) is 17.9. The van der Waals surface area contributed by atoms with Gasteiger partial charge in [-0.1, -0.05) is 120 Å². The summed E-state index contributed by atoms with van der Waals surface area (Å²) < 4.78 is 5.52. The molecule has 69 heavy (non-hydrogen) atoms. The molecule has 0 N–H and O–H groups in total. The third kappa shape index (κ3) is 10.8. The van der Waals surface area contributed by atoms with Gasteiger partial charge in [0.1, 0.15) is 5.75 Å². The average Bonchev–Trinajstić information content (AvgIpc) is 3.38. The molecule has 9 rings (SSSR count). The molecule has 0 heterocycles. The number of methoxy groups -OCH3 is 1. The van der Waals surface area contributed by atoms with E-state index in [9.17, 15) is 0 Å². The van der Waals surface area contributed by atoms with Gasteiger partial charge in [0.05, 0.1) is 7.11 Å². The van der Waals surface area contributed by atoms with Gasteiger partial charge in [0.15, 0.2) is 0 Å². The SMILES string of the molecule is COc1ccc(N(c2ccc(/C=C/c3ccc(N(c4ccc(C)cc4)c4ccc(C)c(C)c4)cc3)cc2)c2ccc(/C=C/c3ccc(N(c4ccc(C)cc4)c4ccc(C)c(C)c4)cc3)cc2)cc1. The summed E-state index contributed by atoms with van der Waals surface area (Å²) in [5.74, 6) is 0.821. The van der Waals surface area contributed by atoms with Gasteiger partial charge in [-0.15, -0.1) is 0 Å². The Labute approximate surface area is 409 Å². The lowest BCUT2D eigenvalue weighted by molar-refractivity contribution is 0.415. The molecule has 0 saturated heterocycles. The fourth-order valence-electron chi connectivity index (χ4n) is 8.51. The van der Waals surface area contributed by atoms with Gasteiger partial charge < -0.3 is 19.4 Å². The van der Waals surface area contributed by atoms with E-state index in [1.807, 2.05) is 12.1 Å². The van der Waals surface area contributed by atoms with Crippen LogP contribution < -0.4 is 19.4 Å². The summed E-state index contributed by atoms with van der Waals surface area (Å²) in [6, 6.07) is 74.1. The van der Waals surface area contributed by atoms with Gasteiger partial charge >= 0.3 is 0 Å². The summed E-state index contributed by atoms with van der Waals surface area (Å²) in [6.07, 6.45) is 8.71. The Morgan fingerprint density at radius 3 is 0.754 bits per heavy atom. The zero-order valence-corrected chi connectivity index (χ0v) is 40.7. The minimum atomic E-state index is 0.821. The number of ether oxygens (including phenoxy) is 1.